The summed E-state index contributed by atoms with van der Waals surface area (Å²) in [6.07, 6.45) is 3.69. The van der Waals surface area contributed by atoms with Gasteiger partial charge in [-0.1, -0.05) is 18.6 Å². The summed E-state index contributed by atoms with van der Waals surface area (Å²) in [5.74, 6) is 0.208. The van der Waals surface area contributed by atoms with Crippen molar-refractivity contribution >= 4 is 0 Å². The number of hydrogen-bond acceptors (Lipinski definition) is 3. The van der Waals surface area contributed by atoms with Gasteiger partial charge in [0.05, 0.1) is 0 Å². The van der Waals surface area contributed by atoms with Gasteiger partial charge in [-0.05, 0) is 37.5 Å². The molecule has 1 unspecified atom stereocenters. The van der Waals surface area contributed by atoms with E-state index in [4.69, 9.17) is 0 Å². The zero-order valence-corrected chi connectivity index (χ0v) is 11.1. The van der Waals surface area contributed by atoms with Crippen molar-refractivity contribution in [2.75, 3.05) is 13.1 Å². The molecule has 106 valence electrons. The Labute approximate surface area is 112 Å². The number of nitrogens with zero attached hydrogens (tertiary/aromatic N) is 1. The standard InChI is InChI=1S/C14H20F2N2O/c1-11(17-18-8-3-2-4-9-18)12-6-5-7-13(10-12)19-14(15)16/h5-7,10-11,14,17H,2-4,8-9H2,1H3. The van der Waals surface area contributed by atoms with Crippen LogP contribution in [0.4, 0.5) is 8.78 Å². The number of ether oxygens (including phenoxy) is 1. The number of rotatable bonds is 5. The van der Waals surface area contributed by atoms with Crippen molar-refractivity contribution in [3.8, 4) is 5.75 Å². The van der Waals surface area contributed by atoms with Crippen LogP contribution in [0, 0.1) is 0 Å². The van der Waals surface area contributed by atoms with Crippen LogP contribution in [0.3, 0.4) is 0 Å². The summed E-state index contributed by atoms with van der Waals surface area (Å²) in [6, 6.07) is 6.94. The van der Waals surface area contributed by atoms with Crippen LogP contribution >= 0.6 is 0 Å². The Bertz CT molecular complexity index is 395. The molecule has 19 heavy (non-hydrogen) atoms. The highest BCUT2D eigenvalue weighted by Crippen LogP contribution is 2.21. The second-order valence-corrected chi connectivity index (χ2v) is 4.85. The van der Waals surface area contributed by atoms with Crippen LogP contribution in [-0.4, -0.2) is 24.7 Å². The van der Waals surface area contributed by atoms with Gasteiger partial charge in [-0.15, -0.1) is 0 Å². The summed E-state index contributed by atoms with van der Waals surface area (Å²) in [5.41, 5.74) is 4.35. The molecule has 1 N–H and O–H groups in total. The predicted octanol–water partition coefficient (Wildman–Crippen LogP) is 3.34. The minimum Gasteiger partial charge on any atom is -0.435 e. The largest absolute Gasteiger partial charge is 0.435 e. The number of nitrogens with one attached hydrogen (secondary N) is 1. The first-order valence-corrected chi connectivity index (χ1v) is 6.71. The number of piperidine rings is 1. The molecule has 0 radical (unpaired) electrons. The van der Waals surface area contributed by atoms with Crippen molar-refractivity contribution in [1.29, 1.82) is 0 Å². The Balaban J connectivity index is 1.95. The Morgan fingerprint density at radius 1 is 1.21 bits per heavy atom. The molecule has 3 nitrogen and oxygen atoms in total. The van der Waals surface area contributed by atoms with Crippen LogP contribution in [0.25, 0.3) is 0 Å². The van der Waals surface area contributed by atoms with Gasteiger partial charge in [0.15, 0.2) is 0 Å². The molecule has 1 aromatic rings. The molecule has 1 aliphatic rings. The van der Waals surface area contributed by atoms with E-state index in [0.29, 0.717) is 0 Å². The second kappa shape index (κ2) is 6.82. The molecule has 0 aliphatic carbocycles. The Morgan fingerprint density at radius 2 is 1.95 bits per heavy atom. The van der Waals surface area contributed by atoms with Gasteiger partial charge in [0.25, 0.3) is 0 Å². The Kier molecular flexibility index (Phi) is 5.10. The smallest absolute Gasteiger partial charge is 0.387 e. The Morgan fingerprint density at radius 3 is 2.63 bits per heavy atom. The highest BCUT2D eigenvalue weighted by atomic mass is 19.3. The van der Waals surface area contributed by atoms with Crippen molar-refractivity contribution in [3.05, 3.63) is 29.8 Å². The summed E-state index contributed by atoms with van der Waals surface area (Å²) in [4.78, 5) is 0. The van der Waals surface area contributed by atoms with E-state index >= 15 is 0 Å². The molecule has 1 saturated heterocycles. The van der Waals surface area contributed by atoms with Gasteiger partial charge in [0, 0.05) is 19.1 Å². The van der Waals surface area contributed by atoms with Crippen LogP contribution in [-0.2, 0) is 0 Å². The molecule has 1 aliphatic heterocycles. The van der Waals surface area contributed by atoms with Crippen LogP contribution in [0.2, 0.25) is 0 Å². The quantitative estimate of drug-likeness (QED) is 0.888. The third-order valence-electron chi connectivity index (χ3n) is 3.32. The van der Waals surface area contributed by atoms with Crippen molar-refractivity contribution in [2.24, 2.45) is 0 Å². The van der Waals surface area contributed by atoms with Crippen LogP contribution in [0.15, 0.2) is 24.3 Å². The molecule has 1 fully saturated rings. The maximum absolute atomic E-state index is 12.2. The molecule has 0 bridgehead atoms. The molecule has 1 heterocycles. The fraction of sp³-hybridized carbons (Fsp3) is 0.571. The lowest BCUT2D eigenvalue weighted by Crippen LogP contribution is -2.42. The highest BCUT2D eigenvalue weighted by Gasteiger charge is 2.14. The normalized spacial score (nSPS) is 18.5. The monoisotopic (exact) mass is 270 g/mol. The zero-order chi connectivity index (χ0) is 13.7. The van der Waals surface area contributed by atoms with E-state index in [1.807, 2.05) is 13.0 Å². The molecule has 2 rings (SSSR count). The molecule has 0 spiro atoms. The highest BCUT2D eigenvalue weighted by molar-refractivity contribution is 5.30. The van der Waals surface area contributed by atoms with E-state index in [0.717, 1.165) is 18.7 Å². The number of halogens is 2. The van der Waals surface area contributed by atoms with Gasteiger partial charge in [0.1, 0.15) is 5.75 Å². The lowest BCUT2D eigenvalue weighted by molar-refractivity contribution is -0.0499. The average Bonchev–Trinajstić information content (AvgIpc) is 2.39. The fourth-order valence-electron chi connectivity index (χ4n) is 2.33. The molecule has 0 aromatic heterocycles. The number of hydrazine groups is 1. The van der Waals surface area contributed by atoms with Gasteiger partial charge in [-0.25, -0.2) is 10.4 Å². The second-order valence-electron chi connectivity index (χ2n) is 4.85. The summed E-state index contributed by atoms with van der Waals surface area (Å²) in [6.45, 7) is 1.33. The molecule has 0 saturated carbocycles. The molecule has 1 aromatic carbocycles. The van der Waals surface area contributed by atoms with Crippen molar-refractivity contribution in [3.63, 3.8) is 0 Å². The molecule has 1 atom stereocenters. The fourth-order valence-corrected chi connectivity index (χ4v) is 2.33. The van der Waals surface area contributed by atoms with Crippen LogP contribution < -0.4 is 10.2 Å². The maximum Gasteiger partial charge on any atom is 0.387 e. The van der Waals surface area contributed by atoms with Crippen molar-refractivity contribution in [1.82, 2.24) is 10.4 Å². The Hall–Kier alpha value is -1.20. The van der Waals surface area contributed by atoms with E-state index in [2.05, 4.69) is 15.2 Å². The van der Waals surface area contributed by atoms with E-state index < -0.39 is 6.61 Å². The first kappa shape index (κ1) is 14.2. The average molecular weight is 270 g/mol. The number of hydrogen-bond donors (Lipinski definition) is 1. The third kappa shape index (κ3) is 4.44. The number of alkyl halides is 2. The van der Waals surface area contributed by atoms with E-state index in [9.17, 15) is 8.78 Å². The summed E-state index contributed by atoms with van der Waals surface area (Å²) in [5, 5.41) is 2.20. The summed E-state index contributed by atoms with van der Waals surface area (Å²) in [7, 11) is 0. The third-order valence-corrected chi connectivity index (χ3v) is 3.32. The predicted molar refractivity (Wildman–Crippen MR) is 70.0 cm³/mol. The first-order valence-electron chi connectivity index (χ1n) is 6.71. The summed E-state index contributed by atoms with van der Waals surface area (Å²) < 4.78 is 28.8. The lowest BCUT2D eigenvalue weighted by Gasteiger charge is -2.30. The van der Waals surface area contributed by atoms with Crippen LogP contribution in [0.5, 0.6) is 5.75 Å². The topological polar surface area (TPSA) is 24.5 Å². The lowest BCUT2D eigenvalue weighted by atomic mass is 10.1. The van der Waals surface area contributed by atoms with Crippen molar-refractivity contribution in [2.45, 2.75) is 38.8 Å². The van der Waals surface area contributed by atoms with Gasteiger partial charge >= 0.3 is 6.61 Å². The van der Waals surface area contributed by atoms with E-state index in [1.54, 1.807) is 18.2 Å². The van der Waals surface area contributed by atoms with Gasteiger partial charge < -0.3 is 4.74 Å². The van der Waals surface area contributed by atoms with Gasteiger partial charge in [-0.3, -0.25) is 0 Å². The first-order chi connectivity index (χ1) is 9.15. The van der Waals surface area contributed by atoms with E-state index in [1.165, 1.54) is 19.3 Å². The van der Waals surface area contributed by atoms with Gasteiger partial charge in [0.2, 0.25) is 0 Å². The minimum atomic E-state index is -2.78. The van der Waals surface area contributed by atoms with Crippen molar-refractivity contribution < 1.29 is 13.5 Å². The SMILES string of the molecule is CC(NN1CCCCC1)c1cccc(OC(F)F)c1. The molecule has 0 amide bonds. The minimum absolute atomic E-state index is 0.0827. The van der Waals surface area contributed by atoms with E-state index in [-0.39, 0.29) is 11.8 Å². The zero-order valence-electron chi connectivity index (χ0n) is 11.1. The molecular formula is C14H20F2N2O. The van der Waals surface area contributed by atoms with Crippen LogP contribution in [0.1, 0.15) is 37.8 Å². The number of benzene rings is 1. The molecular weight excluding hydrogens is 250 g/mol. The molecule has 5 heteroatoms. The maximum atomic E-state index is 12.2. The van der Waals surface area contributed by atoms with Gasteiger partial charge in [-0.2, -0.15) is 8.78 Å². The summed E-state index contributed by atoms with van der Waals surface area (Å²) >= 11 is 0.